The standard InChI is InChI=1S/C17H20FNO/c1-3-19-12-13-9-10-14(16(18)11-13)15-7-5-6-8-17(15)20-4-2/h5-11,19H,3-4,12H2,1-2H3. The fourth-order valence-electron chi connectivity index (χ4n) is 2.13. The maximum atomic E-state index is 14.3. The van der Waals surface area contributed by atoms with E-state index >= 15 is 0 Å². The van der Waals surface area contributed by atoms with E-state index in [9.17, 15) is 4.39 Å². The van der Waals surface area contributed by atoms with Crippen LogP contribution in [0.15, 0.2) is 42.5 Å². The number of rotatable bonds is 6. The predicted molar refractivity (Wildman–Crippen MR) is 80.4 cm³/mol. The number of ether oxygens (including phenoxy) is 1. The zero-order chi connectivity index (χ0) is 14.4. The number of nitrogens with one attached hydrogen (secondary N) is 1. The Labute approximate surface area is 119 Å². The second kappa shape index (κ2) is 7.06. The molecule has 3 heteroatoms. The van der Waals surface area contributed by atoms with Crippen LogP contribution < -0.4 is 10.1 Å². The number of hydrogen-bond donors (Lipinski definition) is 1. The summed E-state index contributed by atoms with van der Waals surface area (Å²) in [5.74, 6) is 0.501. The number of halogens is 1. The van der Waals surface area contributed by atoms with E-state index in [2.05, 4.69) is 5.32 Å². The summed E-state index contributed by atoms with van der Waals surface area (Å²) in [5.41, 5.74) is 2.32. The van der Waals surface area contributed by atoms with Gasteiger partial charge in [-0.15, -0.1) is 0 Å². The van der Waals surface area contributed by atoms with Crippen LogP contribution in [0.3, 0.4) is 0 Å². The highest BCUT2D eigenvalue weighted by atomic mass is 19.1. The van der Waals surface area contributed by atoms with E-state index in [0.717, 1.165) is 17.7 Å². The topological polar surface area (TPSA) is 21.3 Å². The summed E-state index contributed by atoms with van der Waals surface area (Å²) in [6, 6.07) is 12.9. The summed E-state index contributed by atoms with van der Waals surface area (Å²) in [5, 5.41) is 3.19. The van der Waals surface area contributed by atoms with Crippen molar-refractivity contribution in [2.45, 2.75) is 20.4 Å². The molecule has 2 aromatic carbocycles. The van der Waals surface area contributed by atoms with Gasteiger partial charge >= 0.3 is 0 Å². The molecule has 0 radical (unpaired) electrons. The molecule has 106 valence electrons. The summed E-state index contributed by atoms with van der Waals surface area (Å²) in [6.07, 6.45) is 0. The lowest BCUT2D eigenvalue weighted by molar-refractivity contribution is 0.341. The number of para-hydroxylation sites is 1. The van der Waals surface area contributed by atoms with Gasteiger partial charge in [0.05, 0.1) is 6.61 Å². The van der Waals surface area contributed by atoms with Crippen molar-refractivity contribution in [2.24, 2.45) is 0 Å². The van der Waals surface area contributed by atoms with Gasteiger partial charge in [-0.3, -0.25) is 0 Å². The smallest absolute Gasteiger partial charge is 0.131 e. The van der Waals surface area contributed by atoms with Gasteiger partial charge in [-0.05, 0) is 31.2 Å². The minimum absolute atomic E-state index is 0.215. The highest BCUT2D eigenvalue weighted by molar-refractivity contribution is 5.71. The second-order valence-corrected chi connectivity index (χ2v) is 4.52. The summed E-state index contributed by atoms with van der Waals surface area (Å²) in [7, 11) is 0. The SMILES string of the molecule is CCNCc1ccc(-c2ccccc2OCC)c(F)c1. The van der Waals surface area contributed by atoms with Gasteiger partial charge < -0.3 is 10.1 Å². The first-order chi connectivity index (χ1) is 9.76. The molecule has 0 bridgehead atoms. The third-order valence-corrected chi connectivity index (χ3v) is 3.09. The molecular weight excluding hydrogens is 253 g/mol. The zero-order valence-electron chi connectivity index (χ0n) is 11.9. The molecule has 0 aromatic heterocycles. The Bertz CT molecular complexity index is 569. The lowest BCUT2D eigenvalue weighted by Crippen LogP contribution is -2.11. The Hall–Kier alpha value is -1.87. The van der Waals surface area contributed by atoms with Crippen LogP contribution >= 0.6 is 0 Å². The van der Waals surface area contributed by atoms with Crippen molar-refractivity contribution < 1.29 is 9.13 Å². The predicted octanol–water partition coefficient (Wildman–Crippen LogP) is 4.00. The van der Waals surface area contributed by atoms with Gasteiger partial charge in [0, 0.05) is 17.7 Å². The third-order valence-electron chi connectivity index (χ3n) is 3.09. The molecule has 0 amide bonds. The first-order valence-electron chi connectivity index (χ1n) is 6.97. The molecule has 0 fully saturated rings. The molecule has 0 aliphatic heterocycles. The van der Waals surface area contributed by atoms with E-state index < -0.39 is 0 Å². The van der Waals surface area contributed by atoms with Crippen LogP contribution in [0, 0.1) is 5.82 Å². The molecule has 0 heterocycles. The van der Waals surface area contributed by atoms with Gasteiger partial charge in [-0.2, -0.15) is 0 Å². The van der Waals surface area contributed by atoms with Crippen LogP contribution in [0.5, 0.6) is 5.75 Å². The summed E-state index contributed by atoms with van der Waals surface area (Å²) < 4.78 is 19.9. The first-order valence-corrected chi connectivity index (χ1v) is 6.97. The first kappa shape index (κ1) is 14.5. The molecular formula is C17H20FNO. The fraction of sp³-hybridized carbons (Fsp3) is 0.294. The maximum absolute atomic E-state index is 14.3. The van der Waals surface area contributed by atoms with Gasteiger partial charge in [0.2, 0.25) is 0 Å². The summed E-state index contributed by atoms with van der Waals surface area (Å²) >= 11 is 0. The number of hydrogen-bond acceptors (Lipinski definition) is 2. The lowest BCUT2D eigenvalue weighted by Gasteiger charge is -2.12. The van der Waals surface area contributed by atoms with E-state index in [1.54, 1.807) is 6.07 Å². The van der Waals surface area contributed by atoms with E-state index in [1.165, 1.54) is 0 Å². The van der Waals surface area contributed by atoms with Crippen molar-refractivity contribution in [1.82, 2.24) is 5.32 Å². The van der Waals surface area contributed by atoms with Crippen molar-refractivity contribution in [3.05, 3.63) is 53.8 Å². The second-order valence-electron chi connectivity index (χ2n) is 4.52. The molecule has 0 atom stereocenters. The van der Waals surface area contributed by atoms with Crippen molar-refractivity contribution in [3.63, 3.8) is 0 Å². The molecule has 0 aliphatic carbocycles. The third kappa shape index (κ3) is 3.36. The van der Waals surface area contributed by atoms with Gasteiger partial charge in [0.15, 0.2) is 0 Å². The molecule has 0 aliphatic rings. The lowest BCUT2D eigenvalue weighted by atomic mass is 10.0. The highest BCUT2D eigenvalue weighted by Gasteiger charge is 2.10. The number of benzene rings is 2. The maximum Gasteiger partial charge on any atom is 0.131 e. The largest absolute Gasteiger partial charge is 0.493 e. The Morgan fingerprint density at radius 2 is 1.85 bits per heavy atom. The molecule has 0 unspecified atom stereocenters. The Morgan fingerprint density at radius 1 is 1.05 bits per heavy atom. The summed E-state index contributed by atoms with van der Waals surface area (Å²) in [6.45, 7) is 6.07. The average molecular weight is 273 g/mol. The van der Waals surface area contributed by atoms with Crippen molar-refractivity contribution >= 4 is 0 Å². The van der Waals surface area contributed by atoms with Crippen molar-refractivity contribution in [1.29, 1.82) is 0 Å². The Balaban J connectivity index is 2.33. The van der Waals surface area contributed by atoms with Gasteiger partial charge in [-0.25, -0.2) is 4.39 Å². The van der Waals surface area contributed by atoms with Gasteiger partial charge in [0.1, 0.15) is 11.6 Å². The fourth-order valence-corrected chi connectivity index (χ4v) is 2.13. The molecule has 0 spiro atoms. The monoisotopic (exact) mass is 273 g/mol. The van der Waals surface area contributed by atoms with Gasteiger partial charge in [0.25, 0.3) is 0 Å². The van der Waals surface area contributed by atoms with Crippen LogP contribution in [0.2, 0.25) is 0 Å². The van der Waals surface area contributed by atoms with Gasteiger partial charge in [-0.1, -0.05) is 37.3 Å². The van der Waals surface area contributed by atoms with Crippen molar-refractivity contribution in [3.8, 4) is 16.9 Å². The van der Waals surface area contributed by atoms with Crippen LogP contribution in [-0.4, -0.2) is 13.2 Å². The van der Waals surface area contributed by atoms with Crippen molar-refractivity contribution in [2.75, 3.05) is 13.2 Å². The molecule has 2 nitrogen and oxygen atoms in total. The molecule has 20 heavy (non-hydrogen) atoms. The van der Waals surface area contributed by atoms with E-state index in [1.807, 2.05) is 50.2 Å². The Kier molecular flexibility index (Phi) is 5.13. The molecule has 0 saturated heterocycles. The van der Waals surface area contributed by atoms with Crippen LogP contribution in [0.25, 0.3) is 11.1 Å². The highest BCUT2D eigenvalue weighted by Crippen LogP contribution is 2.32. The van der Waals surface area contributed by atoms with Crippen LogP contribution in [0.1, 0.15) is 19.4 Å². The normalized spacial score (nSPS) is 10.6. The van der Waals surface area contributed by atoms with Crippen LogP contribution in [-0.2, 0) is 6.54 Å². The minimum atomic E-state index is -0.215. The van der Waals surface area contributed by atoms with E-state index in [4.69, 9.17) is 4.74 Å². The average Bonchev–Trinajstić information content (AvgIpc) is 2.46. The van der Waals surface area contributed by atoms with E-state index in [0.29, 0.717) is 24.5 Å². The molecule has 1 N–H and O–H groups in total. The summed E-state index contributed by atoms with van der Waals surface area (Å²) in [4.78, 5) is 0. The van der Waals surface area contributed by atoms with E-state index in [-0.39, 0.29) is 5.82 Å². The quantitative estimate of drug-likeness (QED) is 0.859. The Morgan fingerprint density at radius 3 is 2.55 bits per heavy atom. The molecule has 2 rings (SSSR count). The molecule has 0 saturated carbocycles. The molecule has 2 aromatic rings. The van der Waals surface area contributed by atoms with Crippen LogP contribution in [0.4, 0.5) is 4.39 Å². The zero-order valence-corrected chi connectivity index (χ0v) is 11.9. The minimum Gasteiger partial charge on any atom is -0.493 e.